The van der Waals surface area contributed by atoms with Crippen molar-refractivity contribution in [3.63, 3.8) is 0 Å². The molecule has 3 aliphatic heterocycles. The summed E-state index contributed by atoms with van der Waals surface area (Å²) in [4.78, 5) is 18.0. The van der Waals surface area contributed by atoms with Crippen molar-refractivity contribution >= 4 is 27.5 Å². The molecule has 4 fully saturated rings. The molecule has 0 bridgehead atoms. The highest BCUT2D eigenvalue weighted by atomic mass is 19.1. The third-order valence-corrected chi connectivity index (χ3v) is 10.7. The lowest BCUT2D eigenvalue weighted by Crippen LogP contribution is -2.51. The molecule has 11 heteroatoms. The SMILES string of the molecule is CCc1c(F)ccc2cc(O)cc(-c3ncc4c(N5CC(C)(O)CC6(CC6)C5)nc(OC[C@@]56CCCN5C[C@H](F)C6)nc4c3F)c12. The molecule has 8 nitrogen and oxygen atoms in total. The van der Waals surface area contributed by atoms with Gasteiger partial charge in [0.2, 0.25) is 0 Å². The zero-order valence-electron chi connectivity index (χ0n) is 26.1. The summed E-state index contributed by atoms with van der Waals surface area (Å²) in [6.07, 6.45) is 5.73. The number of pyridine rings is 1. The van der Waals surface area contributed by atoms with Crippen LogP contribution in [0, 0.1) is 17.0 Å². The van der Waals surface area contributed by atoms with Gasteiger partial charge in [0.25, 0.3) is 0 Å². The zero-order valence-corrected chi connectivity index (χ0v) is 26.1. The third kappa shape index (κ3) is 4.85. The Bertz CT molecular complexity index is 1880. The number of piperidine rings is 1. The fourth-order valence-corrected chi connectivity index (χ4v) is 8.65. The second kappa shape index (κ2) is 10.4. The maximum atomic E-state index is 16.9. The molecule has 3 atom stereocenters. The number of hydrogen-bond acceptors (Lipinski definition) is 8. The van der Waals surface area contributed by atoms with Gasteiger partial charge >= 0.3 is 6.01 Å². The Morgan fingerprint density at radius 3 is 2.72 bits per heavy atom. The average molecular weight is 634 g/mol. The van der Waals surface area contributed by atoms with Gasteiger partial charge in [-0.15, -0.1) is 0 Å². The van der Waals surface area contributed by atoms with Crippen LogP contribution in [-0.2, 0) is 6.42 Å². The number of phenolic OH excluding ortho intramolecular Hbond substituents is 1. The Labute approximate surface area is 265 Å². The number of benzene rings is 2. The van der Waals surface area contributed by atoms with E-state index >= 15 is 4.39 Å². The van der Waals surface area contributed by atoms with E-state index in [2.05, 4.69) is 14.9 Å². The number of halogens is 3. The standard InChI is InChI=1S/C35H38F3N5O3/c1-3-23-26(37)6-5-20-11-22(44)12-24(27(20)23)29-28(38)30-25(14-39-29)31(42-17-33(2,45)16-34(18-42)8-9-34)41-32(40-30)46-19-35-7-4-10-43(35)15-21(36)13-35/h5-6,11-12,14,21,44-45H,3-4,7-10,13,15-19H2,1-2H3/t21-,33?,35+/m1/s1. The Kier molecular flexibility index (Phi) is 6.71. The predicted molar refractivity (Wildman–Crippen MR) is 169 cm³/mol. The summed E-state index contributed by atoms with van der Waals surface area (Å²) in [5, 5.41) is 23.2. The lowest BCUT2D eigenvalue weighted by atomic mass is 9.84. The van der Waals surface area contributed by atoms with Crippen molar-refractivity contribution in [3.8, 4) is 23.0 Å². The number of ether oxygens (including phenoxy) is 1. The number of rotatable bonds is 6. The van der Waals surface area contributed by atoms with Crippen molar-refractivity contribution in [2.24, 2.45) is 5.41 Å². The van der Waals surface area contributed by atoms with E-state index in [-0.39, 0.29) is 40.6 Å². The molecular formula is C35H38F3N5O3. The maximum absolute atomic E-state index is 16.9. The van der Waals surface area contributed by atoms with Crippen LogP contribution in [0.2, 0.25) is 0 Å². The summed E-state index contributed by atoms with van der Waals surface area (Å²) < 4.78 is 52.6. The minimum atomic E-state index is -0.969. The van der Waals surface area contributed by atoms with Gasteiger partial charge in [-0.05, 0) is 91.9 Å². The Morgan fingerprint density at radius 2 is 1.93 bits per heavy atom. The molecule has 2 aromatic heterocycles. The van der Waals surface area contributed by atoms with Gasteiger partial charge in [0.15, 0.2) is 5.82 Å². The van der Waals surface area contributed by atoms with Gasteiger partial charge in [0.05, 0.1) is 16.5 Å². The number of aromatic hydroxyl groups is 1. The maximum Gasteiger partial charge on any atom is 0.319 e. The smallest absolute Gasteiger partial charge is 0.319 e. The molecule has 4 aliphatic rings. The fraction of sp³-hybridized carbons (Fsp3) is 0.514. The number of hydrogen-bond donors (Lipinski definition) is 2. The number of anilines is 1. The van der Waals surface area contributed by atoms with Crippen molar-refractivity contribution in [2.75, 3.05) is 37.7 Å². The molecule has 46 heavy (non-hydrogen) atoms. The molecule has 1 spiro atoms. The van der Waals surface area contributed by atoms with Crippen LogP contribution in [0.3, 0.4) is 0 Å². The van der Waals surface area contributed by atoms with E-state index in [0.717, 1.165) is 32.2 Å². The highest BCUT2D eigenvalue weighted by molar-refractivity contribution is 6.01. The highest BCUT2D eigenvalue weighted by Crippen LogP contribution is 2.55. The quantitative estimate of drug-likeness (QED) is 0.264. The van der Waals surface area contributed by atoms with Gasteiger partial charge < -0.3 is 19.8 Å². The molecule has 1 aliphatic carbocycles. The van der Waals surface area contributed by atoms with Crippen molar-refractivity contribution < 1.29 is 28.1 Å². The molecule has 242 valence electrons. The fourth-order valence-electron chi connectivity index (χ4n) is 8.65. The first kappa shape index (κ1) is 29.7. The monoisotopic (exact) mass is 633 g/mol. The first-order chi connectivity index (χ1) is 22.0. The first-order valence-electron chi connectivity index (χ1n) is 16.3. The normalized spacial score (nSPS) is 27.2. The van der Waals surface area contributed by atoms with Crippen LogP contribution in [0.4, 0.5) is 19.0 Å². The molecule has 2 N–H and O–H groups in total. The second-order valence-electron chi connectivity index (χ2n) is 14.4. The average Bonchev–Trinajstić information content (AvgIpc) is 3.49. The van der Waals surface area contributed by atoms with E-state index in [9.17, 15) is 19.0 Å². The minimum Gasteiger partial charge on any atom is -0.508 e. The number of fused-ring (bicyclic) bond motifs is 3. The number of aromatic nitrogens is 3. The number of aliphatic hydroxyl groups is 1. The van der Waals surface area contributed by atoms with E-state index in [0.29, 0.717) is 66.4 Å². The Balaban J connectivity index is 1.28. The van der Waals surface area contributed by atoms with Crippen molar-refractivity contribution in [3.05, 3.63) is 47.7 Å². The molecule has 2 aromatic carbocycles. The van der Waals surface area contributed by atoms with Gasteiger partial charge in [-0.1, -0.05) is 13.0 Å². The van der Waals surface area contributed by atoms with E-state index < -0.39 is 28.9 Å². The Hall–Kier alpha value is -3.70. The van der Waals surface area contributed by atoms with Crippen LogP contribution in [-0.4, -0.2) is 80.2 Å². The van der Waals surface area contributed by atoms with Crippen molar-refractivity contribution in [1.29, 1.82) is 0 Å². The predicted octanol–water partition coefficient (Wildman–Crippen LogP) is 6.09. The second-order valence-corrected chi connectivity index (χ2v) is 14.4. The van der Waals surface area contributed by atoms with Crippen LogP contribution < -0.4 is 9.64 Å². The van der Waals surface area contributed by atoms with Crippen LogP contribution in [0.1, 0.15) is 57.9 Å². The minimum absolute atomic E-state index is 0.0263. The summed E-state index contributed by atoms with van der Waals surface area (Å²) in [5.74, 6) is -0.851. The van der Waals surface area contributed by atoms with E-state index in [4.69, 9.17) is 9.72 Å². The number of aryl methyl sites for hydroxylation is 1. The number of nitrogens with zero attached hydrogens (tertiary/aromatic N) is 5. The molecular weight excluding hydrogens is 595 g/mol. The molecule has 5 heterocycles. The number of alkyl halides is 1. The molecule has 3 saturated heterocycles. The summed E-state index contributed by atoms with van der Waals surface area (Å²) >= 11 is 0. The van der Waals surface area contributed by atoms with Crippen molar-refractivity contribution in [2.45, 2.75) is 76.1 Å². The summed E-state index contributed by atoms with van der Waals surface area (Å²) in [7, 11) is 0. The molecule has 0 radical (unpaired) electrons. The first-order valence-corrected chi connectivity index (χ1v) is 16.3. The highest BCUT2D eigenvalue weighted by Gasteiger charge is 2.53. The summed E-state index contributed by atoms with van der Waals surface area (Å²) in [6.45, 7) is 5.94. The van der Waals surface area contributed by atoms with Crippen LogP contribution in [0.15, 0.2) is 30.5 Å². The van der Waals surface area contributed by atoms with Gasteiger partial charge in [-0.25, -0.2) is 13.2 Å². The summed E-state index contributed by atoms with van der Waals surface area (Å²) in [5.41, 5.74) is -0.902. The van der Waals surface area contributed by atoms with Crippen LogP contribution in [0.5, 0.6) is 11.8 Å². The zero-order chi connectivity index (χ0) is 32.0. The lowest BCUT2D eigenvalue weighted by molar-refractivity contribution is 0.0191. The lowest BCUT2D eigenvalue weighted by Gasteiger charge is -2.42. The van der Waals surface area contributed by atoms with E-state index in [1.54, 1.807) is 6.07 Å². The summed E-state index contributed by atoms with van der Waals surface area (Å²) in [6, 6.07) is 5.80. The molecule has 1 saturated carbocycles. The number of β-amino-alcohol motifs (C(OH)–C–C–N with tert-alkyl or cyclic N) is 1. The topological polar surface area (TPSA) is 94.8 Å². The van der Waals surface area contributed by atoms with Gasteiger partial charge in [-0.2, -0.15) is 9.97 Å². The van der Waals surface area contributed by atoms with Crippen molar-refractivity contribution in [1.82, 2.24) is 19.9 Å². The van der Waals surface area contributed by atoms with Gasteiger partial charge in [0, 0.05) is 37.8 Å². The number of phenols is 1. The van der Waals surface area contributed by atoms with Crippen LogP contribution >= 0.6 is 0 Å². The van der Waals surface area contributed by atoms with Gasteiger partial charge in [0.1, 0.15) is 41.4 Å². The van der Waals surface area contributed by atoms with E-state index in [1.807, 2.05) is 18.7 Å². The molecule has 4 aromatic rings. The molecule has 1 unspecified atom stereocenters. The largest absolute Gasteiger partial charge is 0.508 e. The van der Waals surface area contributed by atoms with E-state index in [1.165, 1.54) is 24.4 Å². The molecule has 0 amide bonds. The third-order valence-electron chi connectivity index (χ3n) is 10.7. The molecule has 8 rings (SSSR count). The van der Waals surface area contributed by atoms with Gasteiger partial charge in [-0.3, -0.25) is 9.88 Å². The Morgan fingerprint density at radius 1 is 1.11 bits per heavy atom. The van der Waals surface area contributed by atoms with Crippen LogP contribution in [0.25, 0.3) is 32.9 Å².